The van der Waals surface area contributed by atoms with Crippen molar-refractivity contribution in [2.45, 2.75) is 87.7 Å². The van der Waals surface area contributed by atoms with Gasteiger partial charge in [0.2, 0.25) is 11.8 Å². The maximum atomic E-state index is 14.2. The van der Waals surface area contributed by atoms with Crippen molar-refractivity contribution in [3.05, 3.63) is 129 Å². The average Bonchev–Trinajstić information content (AvgIpc) is 3.94. The molecule has 4 aromatic rings. The van der Waals surface area contributed by atoms with Gasteiger partial charge in [0.25, 0.3) is 0 Å². The molecule has 28 heteroatoms. The van der Waals surface area contributed by atoms with Gasteiger partial charge in [-0.25, -0.2) is 9.97 Å². The second-order valence-corrected chi connectivity index (χ2v) is 16.0. The molecule has 2 aromatic carbocycles. The topological polar surface area (TPSA) is 99.9 Å². The average molecular weight is 1190 g/mol. The van der Waals surface area contributed by atoms with Crippen LogP contribution in [0.2, 0.25) is 0 Å². The highest BCUT2D eigenvalue weighted by atomic mass is 127. The summed E-state index contributed by atoms with van der Waals surface area (Å²) in [7, 11) is 1.55. The number of aromatic nitrogens is 2. The summed E-state index contributed by atoms with van der Waals surface area (Å²) in [5.74, 6) is -0.508. The number of rotatable bonds is 8. The second kappa shape index (κ2) is 22.5. The van der Waals surface area contributed by atoms with Crippen LogP contribution >= 0.6 is 35.0 Å². The van der Waals surface area contributed by atoms with Gasteiger partial charge in [0.15, 0.2) is 0 Å². The molecule has 2 atom stereocenters. The van der Waals surface area contributed by atoms with E-state index in [-0.39, 0.29) is 84.1 Å². The van der Waals surface area contributed by atoms with Crippen LogP contribution in [0, 0.1) is 0 Å². The Morgan fingerprint density at radius 3 is 1.12 bits per heavy atom. The van der Waals surface area contributed by atoms with Gasteiger partial charge >= 0.3 is 37.1 Å². The summed E-state index contributed by atoms with van der Waals surface area (Å²) in [6.45, 7) is 0.868. The molecule has 2 aromatic heterocycles. The molecule has 2 aliphatic rings. The van der Waals surface area contributed by atoms with Gasteiger partial charge in [-0.05, 0) is 62.6 Å². The molecule has 0 bridgehead atoms. The van der Waals surface area contributed by atoms with E-state index in [1.165, 1.54) is 55.1 Å². The first-order valence-electron chi connectivity index (χ1n) is 20.0. The number of pyridine rings is 2. The fraction of sp³-hybridized carbons (Fsp3) is 0.409. The van der Waals surface area contributed by atoms with E-state index < -0.39 is 108 Å². The van der Waals surface area contributed by atoms with Gasteiger partial charge in [-0.2, -0.15) is 79.0 Å². The summed E-state index contributed by atoms with van der Waals surface area (Å²) in [6, 6.07) is 11.8. The molecular formula is C44H38ClF18IN6O2. The van der Waals surface area contributed by atoms with Crippen molar-refractivity contribution in [1.29, 1.82) is 0 Å². The molecule has 0 spiro atoms. The molecule has 8 nitrogen and oxygen atoms in total. The summed E-state index contributed by atoms with van der Waals surface area (Å²) in [5.41, 5.74) is -15.4. The highest BCUT2D eigenvalue weighted by Gasteiger charge is 2.61. The van der Waals surface area contributed by atoms with Crippen molar-refractivity contribution < 1.29 is 88.6 Å². The lowest BCUT2D eigenvalue weighted by atomic mass is 9.76. The predicted octanol–water partition coefficient (Wildman–Crippen LogP) is 12.7. The van der Waals surface area contributed by atoms with Crippen LogP contribution in [-0.4, -0.2) is 75.5 Å². The number of halogens is 20. The molecule has 0 aliphatic carbocycles. The monoisotopic (exact) mass is 1190 g/mol. The van der Waals surface area contributed by atoms with Crippen molar-refractivity contribution in [3.8, 4) is 0 Å². The quantitative estimate of drug-likeness (QED) is 0.108. The minimum atomic E-state index is -5.39. The van der Waals surface area contributed by atoms with E-state index in [1.807, 2.05) is 4.93 Å². The third-order valence-corrected chi connectivity index (χ3v) is 11.1. The number of alkyl halides is 19. The van der Waals surface area contributed by atoms with Gasteiger partial charge < -0.3 is 10.2 Å². The Labute approximate surface area is 417 Å². The zero-order valence-corrected chi connectivity index (χ0v) is 40.3. The van der Waals surface area contributed by atoms with E-state index in [2.05, 4.69) is 47.9 Å². The van der Waals surface area contributed by atoms with Gasteiger partial charge in [0.1, 0.15) is 33.6 Å². The SMILES string of the molecule is CC(=O)N(C)Cc1ccc(C2=NCC(c3cc(C(F)(F)F)nc(C(F)(F)F)c3)(C(F)(F)F)C2)cc1.CC(=O)NCc1ccc(C2=NCC(c3cc(C(F)(F)F)nc(C(F)(F)F)c3)(C(F)(F)F)C2)cc1.CI.Cl. The van der Waals surface area contributed by atoms with Crippen molar-refractivity contribution >= 4 is 58.2 Å². The molecule has 1 N–H and O–H groups in total. The molecule has 4 heterocycles. The summed E-state index contributed by atoms with van der Waals surface area (Å²) < 4.78 is 244. The van der Waals surface area contributed by atoms with E-state index in [0.717, 1.165) is 0 Å². The molecule has 2 aliphatic heterocycles. The minimum absolute atomic E-state index is 0. The number of nitrogens with zero attached hydrogens (tertiary/aromatic N) is 5. The third kappa shape index (κ3) is 14.3. The molecule has 0 fully saturated rings. The summed E-state index contributed by atoms with van der Waals surface area (Å²) in [6.07, 6.45) is -33.9. The van der Waals surface area contributed by atoms with Crippen LogP contribution in [0.25, 0.3) is 0 Å². The molecule has 72 heavy (non-hydrogen) atoms. The largest absolute Gasteiger partial charge is 0.433 e. The van der Waals surface area contributed by atoms with Crippen molar-refractivity contribution in [3.63, 3.8) is 0 Å². The molecule has 0 radical (unpaired) electrons. The maximum absolute atomic E-state index is 14.2. The van der Waals surface area contributed by atoms with E-state index in [1.54, 1.807) is 19.2 Å². The number of carbonyl (C=O) groups is 2. The second-order valence-electron chi connectivity index (χ2n) is 16.0. The molecule has 2 unspecified atom stereocenters. The fourth-order valence-electron chi connectivity index (χ4n) is 7.16. The fourth-order valence-corrected chi connectivity index (χ4v) is 7.16. The van der Waals surface area contributed by atoms with Crippen LogP contribution in [0.4, 0.5) is 79.0 Å². The lowest BCUT2D eigenvalue weighted by Crippen LogP contribution is -2.44. The first-order valence-corrected chi connectivity index (χ1v) is 22.2. The Morgan fingerprint density at radius 1 is 0.556 bits per heavy atom. The lowest BCUT2D eigenvalue weighted by Gasteiger charge is -2.32. The van der Waals surface area contributed by atoms with Gasteiger partial charge in [-0.1, -0.05) is 71.1 Å². The van der Waals surface area contributed by atoms with Crippen LogP contribution in [0.1, 0.15) is 82.8 Å². The molecule has 0 saturated carbocycles. The standard InChI is InChI=1S/C22H18F9N3O.C21H16F9N3O.CH3I.ClH/c1-12(35)34(2)10-13-3-5-14(6-4-13)16-9-19(11-32-16,22(29,30)31)15-7-17(20(23,24)25)33-18(8-15)21(26,27)28;1-11(34)31-9-12-2-4-13(5-3-12)15-8-18(10-32-15,21(28,29)30)14-6-16(19(22,23)24)33-17(7-14)20(25,26)27;1-2;/h3-8H,9-11H2,1-2H3;2-7H,8-10H2,1H3,(H,31,34);1H3;1H. The number of aliphatic imine (C=N–C) groups is 2. The minimum Gasteiger partial charge on any atom is -0.352 e. The maximum Gasteiger partial charge on any atom is 0.433 e. The number of carbonyl (C=O) groups excluding carboxylic acids is 2. The van der Waals surface area contributed by atoms with E-state index in [4.69, 9.17) is 0 Å². The van der Waals surface area contributed by atoms with Crippen molar-refractivity contribution in [2.75, 3.05) is 25.1 Å². The first kappa shape index (κ1) is 61.1. The predicted molar refractivity (Wildman–Crippen MR) is 236 cm³/mol. The molecule has 396 valence electrons. The number of hydrogen-bond donors (Lipinski definition) is 1. The van der Waals surface area contributed by atoms with Crippen LogP contribution in [-0.2, 0) is 58.2 Å². The Kier molecular flexibility index (Phi) is 19.1. The van der Waals surface area contributed by atoms with Gasteiger partial charge in [-0.3, -0.25) is 19.6 Å². The third-order valence-electron chi connectivity index (χ3n) is 11.1. The number of benzene rings is 2. The number of hydrogen-bond acceptors (Lipinski definition) is 6. The molecular weight excluding hydrogens is 1150 g/mol. The van der Waals surface area contributed by atoms with E-state index >= 15 is 0 Å². The first-order chi connectivity index (χ1) is 32.5. The summed E-state index contributed by atoms with van der Waals surface area (Å²) in [4.78, 5) is 38.4. The van der Waals surface area contributed by atoms with Crippen molar-refractivity contribution in [2.24, 2.45) is 9.98 Å². The van der Waals surface area contributed by atoms with Crippen LogP contribution in [0.3, 0.4) is 0 Å². The van der Waals surface area contributed by atoms with Gasteiger partial charge in [0, 0.05) is 58.2 Å². The zero-order valence-electron chi connectivity index (χ0n) is 37.3. The lowest BCUT2D eigenvalue weighted by molar-refractivity contribution is -0.185. The van der Waals surface area contributed by atoms with Gasteiger partial charge in [-0.15, -0.1) is 12.4 Å². The normalized spacial score (nSPS) is 18.4. The Bertz CT molecular complexity index is 2550. The number of nitrogens with one attached hydrogen (secondary N) is 1. The van der Waals surface area contributed by atoms with Crippen LogP contribution in [0.15, 0.2) is 82.8 Å². The number of amides is 2. The Morgan fingerprint density at radius 2 is 0.861 bits per heavy atom. The van der Waals surface area contributed by atoms with Gasteiger partial charge in [0.05, 0.1) is 13.1 Å². The van der Waals surface area contributed by atoms with E-state index in [9.17, 15) is 88.6 Å². The van der Waals surface area contributed by atoms with E-state index in [0.29, 0.717) is 11.1 Å². The Balaban J connectivity index is 0.000000363. The zero-order chi connectivity index (χ0) is 53.9. The highest BCUT2D eigenvalue weighted by molar-refractivity contribution is 14.1. The smallest absolute Gasteiger partial charge is 0.352 e. The summed E-state index contributed by atoms with van der Waals surface area (Å²) in [5, 5.41) is 2.53. The summed E-state index contributed by atoms with van der Waals surface area (Å²) >= 11 is 2.15. The molecule has 6 rings (SSSR count). The highest BCUT2D eigenvalue weighted by Crippen LogP contribution is 2.51. The molecule has 2 amide bonds. The van der Waals surface area contributed by atoms with Crippen LogP contribution < -0.4 is 5.32 Å². The van der Waals surface area contributed by atoms with Crippen molar-refractivity contribution in [1.82, 2.24) is 20.2 Å². The molecule has 0 saturated heterocycles. The Hall–Kier alpha value is -5.22. The van der Waals surface area contributed by atoms with Crippen LogP contribution in [0.5, 0.6) is 0 Å².